The van der Waals surface area contributed by atoms with Crippen LogP contribution in [0.2, 0.25) is 5.02 Å². The van der Waals surface area contributed by atoms with Crippen molar-refractivity contribution in [1.82, 2.24) is 14.5 Å². The van der Waals surface area contributed by atoms with E-state index in [-0.39, 0.29) is 11.6 Å². The molecule has 5 rings (SSSR count). The van der Waals surface area contributed by atoms with Gasteiger partial charge in [-0.1, -0.05) is 23.7 Å². The van der Waals surface area contributed by atoms with Crippen LogP contribution >= 0.6 is 11.6 Å². The number of hydrogen-bond donors (Lipinski definition) is 1. The summed E-state index contributed by atoms with van der Waals surface area (Å²) in [5, 5.41) is 3.73. The molecule has 1 N–H and O–H groups in total. The molecule has 0 unspecified atom stereocenters. The van der Waals surface area contributed by atoms with Crippen molar-refractivity contribution in [3.8, 4) is 17.1 Å². The Kier molecular flexibility index (Phi) is 6.26. The van der Waals surface area contributed by atoms with E-state index >= 15 is 0 Å². The fourth-order valence-corrected chi connectivity index (χ4v) is 4.22. The van der Waals surface area contributed by atoms with E-state index in [1.807, 2.05) is 47.9 Å². The highest BCUT2D eigenvalue weighted by molar-refractivity contribution is 6.48. The monoisotopic (exact) mass is 500 g/mol. The Morgan fingerprint density at radius 3 is 2.64 bits per heavy atom. The lowest BCUT2D eigenvalue weighted by Crippen LogP contribution is -2.23. The number of amides is 1. The van der Waals surface area contributed by atoms with Crippen molar-refractivity contribution in [2.24, 2.45) is 0 Å². The van der Waals surface area contributed by atoms with E-state index in [1.165, 1.54) is 6.20 Å². The summed E-state index contributed by atoms with van der Waals surface area (Å²) >= 11 is 6.03. The summed E-state index contributed by atoms with van der Waals surface area (Å²) in [7, 11) is 1.55. The quantitative estimate of drug-likeness (QED) is 0.233. The minimum atomic E-state index is -0.856. The number of carbonyl (C=O) groups is 2. The zero-order chi connectivity index (χ0) is 25.2. The van der Waals surface area contributed by atoms with Crippen LogP contribution in [0.4, 0.5) is 6.01 Å². The van der Waals surface area contributed by atoms with Crippen LogP contribution in [0.3, 0.4) is 0 Å². The molecule has 5 aromatic rings. The van der Waals surface area contributed by atoms with Gasteiger partial charge in [-0.3, -0.25) is 19.9 Å². The highest BCUT2D eigenvalue weighted by Gasteiger charge is 2.27. The summed E-state index contributed by atoms with van der Waals surface area (Å²) in [5.41, 5.74) is 3.44. The van der Waals surface area contributed by atoms with Crippen LogP contribution in [0.25, 0.3) is 22.2 Å². The molecule has 8 nitrogen and oxygen atoms in total. The Morgan fingerprint density at radius 1 is 1.11 bits per heavy atom. The van der Waals surface area contributed by atoms with Gasteiger partial charge in [0.15, 0.2) is 5.76 Å². The van der Waals surface area contributed by atoms with Crippen LogP contribution in [0, 0.1) is 6.92 Å². The van der Waals surface area contributed by atoms with Gasteiger partial charge in [-0.2, -0.15) is 0 Å². The summed E-state index contributed by atoms with van der Waals surface area (Å²) < 4.78 is 13.0. The lowest BCUT2D eigenvalue weighted by molar-refractivity contribution is -0.112. The number of nitrogens with zero attached hydrogens (tertiary/aromatic N) is 3. The van der Waals surface area contributed by atoms with Crippen molar-refractivity contribution in [3.63, 3.8) is 0 Å². The van der Waals surface area contributed by atoms with E-state index in [0.29, 0.717) is 39.7 Å². The number of pyridine rings is 1. The summed E-state index contributed by atoms with van der Waals surface area (Å²) in [4.78, 5) is 34.5. The van der Waals surface area contributed by atoms with Gasteiger partial charge in [-0.05, 0) is 55.0 Å². The number of halogens is 1. The van der Waals surface area contributed by atoms with E-state index < -0.39 is 11.7 Å². The molecule has 9 heteroatoms. The van der Waals surface area contributed by atoms with E-state index in [2.05, 4.69) is 15.3 Å². The largest absolute Gasteiger partial charge is 0.497 e. The molecule has 0 bridgehead atoms. The number of nitrogens with one attached hydrogen (secondary N) is 1. The number of ketones is 1. The van der Waals surface area contributed by atoms with Crippen molar-refractivity contribution in [3.05, 3.63) is 95.0 Å². The smallest absolute Gasteiger partial charge is 0.302 e. The lowest BCUT2D eigenvalue weighted by atomic mass is 10.1. The Labute approximate surface area is 211 Å². The average molecular weight is 501 g/mol. The molecule has 180 valence electrons. The predicted octanol–water partition coefficient (Wildman–Crippen LogP) is 5.53. The highest BCUT2D eigenvalue weighted by atomic mass is 35.5. The number of carbonyl (C=O) groups excluding carboxylic acids is 2. The third-order valence-electron chi connectivity index (χ3n) is 5.89. The molecule has 0 aliphatic carbocycles. The number of ether oxygens (including phenoxy) is 1. The number of rotatable bonds is 7. The second-order valence-electron chi connectivity index (χ2n) is 8.11. The van der Waals surface area contributed by atoms with Crippen molar-refractivity contribution in [2.75, 3.05) is 12.4 Å². The maximum atomic E-state index is 13.4. The molecule has 0 fully saturated rings. The summed E-state index contributed by atoms with van der Waals surface area (Å²) in [6.45, 7) is 2.31. The fraction of sp³-hybridized carbons (Fsp3) is 0.111. The van der Waals surface area contributed by atoms with Gasteiger partial charge in [0.2, 0.25) is 0 Å². The molecule has 0 saturated heterocycles. The molecule has 0 aliphatic rings. The fourth-order valence-electron chi connectivity index (χ4n) is 4.09. The third kappa shape index (κ3) is 4.46. The van der Waals surface area contributed by atoms with Gasteiger partial charge in [-0.15, -0.1) is 0 Å². The standard InChI is InChI=1S/C27H21ClN4O4/c1-16-24(25(33)26(34)31-27-30-14-23(36-27)18-4-3-11-29-13-18)21-12-20(35-2)9-10-22(21)32(16)15-17-5-7-19(28)8-6-17/h3-14H,15H2,1-2H3,(H,30,31,34). The molecule has 0 radical (unpaired) electrons. The Bertz CT molecular complexity index is 1570. The van der Waals surface area contributed by atoms with Crippen molar-refractivity contribution in [1.29, 1.82) is 0 Å². The van der Waals surface area contributed by atoms with E-state index in [1.54, 1.807) is 37.7 Å². The van der Waals surface area contributed by atoms with Crippen molar-refractivity contribution < 1.29 is 18.7 Å². The van der Waals surface area contributed by atoms with E-state index in [9.17, 15) is 9.59 Å². The molecular weight excluding hydrogens is 480 g/mol. The van der Waals surface area contributed by atoms with Crippen molar-refractivity contribution >= 4 is 40.2 Å². The summed E-state index contributed by atoms with van der Waals surface area (Å²) in [6.07, 6.45) is 4.72. The van der Waals surface area contributed by atoms with Crippen LogP contribution in [0.15, 0.2) is 77.6 Å². The molecular formula is C27H21ClN4O4. The van der Waals surface area contributed by atoms with Gasteiger partial charge < -0.3 is 13.7 Å². The van der Waals surface area contributed by atoms with Crippen LogP contribution < -0.4 is 10.1 Å². The number of methoxy groups -OCH3 is 1. The molecule has 36 heavy (non-hydrogen) atoms. The lowest BCUT2D eigenvalue weighted by Gasteiger charge is -2.09. The average Bonchev–Trinajstić information content (AvgIpc) is 3.47. The minimum absolute atomic E-state index is 0.0765. The first kappa shape index (κ1) is 23.3. The SMILES string of the molecule is COc1ccc2c(c1)c(C(=O)C(=O)Nc1ncc(-c3cccnc3)o1)c(C)n2Cc1ccc(Cl)cc1. The Hall–Kier alpha value is -4.43. The van der Waals surface area contributed by atoms with E-state index in [4.69, 9.17) is 20.8 Å². The van der Waals surface area contributed by atoms with E-state index in [0.717, 1.165) is 11.1 Å². The number of fused-ring (bicyclic) bond motifs is 1. The number of Topliss-reactive ketones (excluding diaryl/α,β-unsaturated/α-hetero) is 1. The topological polar surface area (TPSA) is 99.2 Å². The molecule has 0 aliphatic heterocycles. The highest BCUT2D eigenvalue weighted by Crippen LogP contribution is 2.31. The molecule has 0 saturated carbocycles. The number of aromatic nitrogens is 3. The van der Waals surface area contributed by atoms with Gasteiger partial charge >= 0.3 is 6.01 Å². The van der Waals surface area contributed by atoms with Gasteiger partial charge in [-0.25, -0.2) is 4.98 Å². The second-order valence-corrected chi connectivity index (χ2v) is 8.55. The normalized spacial score (nSPS) is 11.0. The Balaban J connectivity index is 1.48. The minimum Gasteiger partial charge on any atom is -0.497 e. The maximum Gasteiger partial charge on any atom is 0.302 e. The van der Waals surface area contributed by atoms with Crippen LogP contribution in [0.1, 0.15) is 21.6 Å². The zero-order valence-electron chi connectivity index (χ0n) is 19.5. The first-order valence-electron chi connectivity index (χ1n) is 11.1. The first-order valence-corrected chi connectivity index (χ1v) is 11.5. The van der Waals surface area contributed by atoms with Gasteiger partial charge in [0, 0.05) is 46.1 Å². The molecule has 0 spiro atoms. The predicted molar refractivity (Wildman–Crippen MR) is 136 cm³/mol. The van der Waals surface area contributed by atoms with Crippen LogP contribution in [-0.4, -0.2) is 33.3 Å². The Morgan fingerprint density at radius 2 is 1.92 bits per heavy atom. The zero-order valence-corrected chi connectivity index (χ0v) is 20.2. The maximum absolute atomic E-state index is 13.4. The molecule has 3 heterocycles. The number of anilines is 1. The molecule has 2 aromatic carbocycles. The molecule has 1 amide bonds. The molecule has 3 aromatic heterocycles. The summed E-state index contributed by atoms with van der Waals surface area (Å²) in [5.74, 6) is -0.562. The number of benzene rings is 2. The second kappa shape index (κ2) is 9.67. The van der Waals surface area contributed by atoms with Crippen molar-refractivity contribution in [2.45, 2.75) is 13.5 Å². The molecule has 0 atom stereocenters. The first-order chi connectivity index (χ1) is 17.4. The van der Waals surface area contributed by atoms with Gasteiger partial charge in [0.25, 0.3) is 11.7 Å². The van der Waals surface area contributed by atoms with Crippen LogP contribution in [0.5, 0.6) is 5.75 Å². The third-order valence-corrected chi connectivity index (χ3v) is 6.14. The number of hydrogen-bond acceptors (Lipinski definition) is 6. The van der Waals surface area contributed by atoms with Crippen LogP contribution in [-0.2, 0) is 11.3 Å². The van der Waals surface area contributed by atoms with Gasteiger partial charge in [0.05, 0.1) is 18.9 Å². The number of oxazole rings is 1. The summed E-state index contributed by atoms with van der Waals surface area (Å²) in [6, 6.07) is 16.4. The van der Waals surface area contributed by atoms with Gasteiger partial charge in [0.1, 0.15) is 5.75 Å².